The van der Waals surface area contributed by atoms with Gasteiger partial charge >= 0.3 is 0 Å². The zero-order valence-electron chi connectivity index (χ0n) is 14.7. The van der Waals surface area contributed by atoms with E-state index in [1.807, 2.05) is 30.3 Å². The summed E-state index contributed by atoms with van der Waals surface area (Å²) >= 11 is 4.31. The maximum atomic E-state index is 5.50. The van der Waals surface area contributed by atoms with Crippen LogP contribution in [0, 0.1) is 0 Å². The van der Waals surface area contributed by atoms with Gasteiger partial charge in [0.2, 0.25) is 5.95 Å². The first-order valence-corrected chi connectivity index (χ1v) is 8.94. The molecular weight excluding hydrogens is 344 g/mol. The molecule has 1 aliphatic carbocycles. The van der Waals surface area contributed by atoms with Gasteiger partial charge in [-0.25, -0.2) is 4.98 Å². The fourth-order valence-electron chi connectivity index (χ4n) is 3.32. The van der Waals surface area contributed by atoms with Gasteiger partial charge in [-0.15, -0.1) is 12.6 Å². The third kappa shape index (κ3) is 3.08. The number of anilines is 2. The summed E-state index contributed by atoms with van der Waals surface area (Å²) in [5.41, 5.74) is 4.61. The van der Waals surface area contributed by atoms with Crippen molar-refractivity contribution in [3.05, 3.63) is 65.8 Å². The zero-order valence-corrected chi connectivity index (χ0v) is 15.6. The fraction of sp³-hybridized carbons (Fsp3) is 0.200. The van der Waals surface area contributed by atoms with E-state index in [0.717, 1.165) is 35.0 Å². The van der Waals surface area contributed by atoms with Crippen molar-refractivity contribution in [2.75, 3.05) is 12.4 Å². The third-order valence-electron chi connectivity index (χ3n) is 4.66. The molecule has 1 N–H and O–H groups in total. The Labute approximate surface area is 158 Å². The van der Waals surface area contributed by atoms with Crippen molar-refractivity contribution in [3.8, 4) is 5.82 Å². The first kappa shape index (κ1) is 16.7. The van der Waals surface area contributed by atoms with Crippen LogP contribution in [0.4, 0.5) is 11.6 Å². The van der Waals surface area contributed by atoms with Crippen molar-refractivity contribution in [1.82, 2.24) is 14.5 Å². The first-order chi connectivity index (χ1) is 12.7. The standard InChI is InChI=1S/C20H20N4OS/c1-13-16-10-12-24(17(16)7-8-18(13)25-2)19-9-11-21-20(23-19)22-14-3-5-15(26)6-4-14/h3-6,9-12,26H,7-8H2,1-2H3,(H,21,22,23). The Morgan fingerprint density at radius 3 is 2.69 bits per heavy atom. The van der Waals surface area contributed by atoms with E-state index < -0.39 is 0 Å². The molecule has 26 heavy (non-hydrogen) atoms. The summed E-state index contributed by atoms with van der Waals surface area (Å²) < 4.78 is 7.63. The van der Waals surface area contributed by atoms with Crippen LogP contribution in [0.25, 0.3) is 11.4 Å². The highest BCUT2D eigenvalue weighted by molar-refractivity contribution is 7.80. The molecule has 4 rings (SSSR count). The molecule has 1 aromatic carbocycles. The van der Waals surface area contributed by atoms with Crippen LogP contribution in [0.5, 0.6) is 0 Å². The second-order valence-electron chi connectivity index (χ2n) is 6.21. The molecule has 2 aromatic heterocycles. The zero-order chi connectivity index (χ0) is 18.1. The molecule has 2 heterocycles. The smallest absolute Gasteiger partial charge is 0.229 e. The number of fused-ring (bicyclic) bond motifs is 1. The number of hydrogen-bond donors (Lipinski definition) is 2. The minimum atomic E-state index is 0.567. The summed E-state index contributed by atoms with van der Waals surface area (Å²) in [5, 5.41) is 3.24. The molecule has 1 aliphatic rings. The summed E-state index contributed by atoms with van der Waals surface area (Å²) in [5.74, 6) is 2.48. The van der Waals surface area contributed by atoms with Crippen molar-refractivity contribution in [2.24, 2.45) is 0 Å². The van der Waals surface area contributed by atoms with Crippen LogP contribution >= 0.6 is 12.6 Å². The molecule has 0 saturated carbocycles. The number of ether oxygens (including phenoxy) is 1. The van der Waals surface area contributed by atoms with Gasteiger partial charge in [-0.05, 0) is 55.3 Å². The maximum Gasteiger partial charge on any atom is 0.229 e. The van der Waals surface area contributed by atoms with Gasteiger partial charge < -0.3 is 14.6 Å². The van der Waals surface area contributed by atoms with Crippen molar-refractivity contribution in [2.45, 2.75) is 24.7 Å². The van der Waals surface area contributed by atoms with Crippen LogP contribution in [-0.2, 0) is 11.2 Å². The number of hydrogen-bond acceptors (Lipinski definition) is 5. The fourth-order valence-corrected chi connectivity index (χ4v) is 3.47. The number of nitrogens with zero attached hydrogens (tertiary/aromatic N) is 3. The molecule has 5 nitrogen and oxygen atoms in total. The van der Waals surface area contributed by atoms with E-state index in [9.17, 15) is 0 Å². The van der Waals surface area contributed by atoms with Gasteiger partial charge in [0.05, 0.1) is 12.9 Å². The van der Waals surface area contributed by atoms with Crippen molar-refractivity contribution >= 4 is 29.8 Å². The summed E-state index contributed by atoms with van der Waals surface area (Å²) in [6.45, 7) is 2.11. The molecule has 0 saturated heterocycles. The Balaban J connectivity index is 1.66. The highest BCUT2D eigenvalue weighted by Crippen LogP contribution is 2.33. The minimum absolute atomic E-state index is 0.567. The quantitative estimate of drug-likeness (QED) is 0.663. The molecule has 132 valence electrons. The lowest BCUT2D eigenvalue weighted by Gasteiger charge is -2.19. The van der Waals surface area contributed by atoms with Gasteiger partial charge in [0, 0.05) is 40.7 Å². The topological polar surface area (TPSA) is 52.0 Å². The number of benzene rings is 1. The van der Waals surface area contributed by atoms with Crippen LogP contribution in [0.3, 0.4) is 0 Å². The molecule has 6 heteroatoms. The largest absolute Gasteiger partial charge is 0.501 e. The Bertz CT molecular complexity index is 976. The number of rotatable bonds is 4. The van der Waals surface area contributed by atoms with Crippen LogP contribution in [0.15, 0.2) is 59.4 Å². The van der Waals surface area contributed by atoms with Gasteiger partial charge in [-0.2, -0.15) is 4.98 Å². The predicted octanol–water partition coefficient (Wildman–Crippen LogP) is 4.62. The van der Waals surface area contributed by atoms with Gasteiger partial charge in [0.25, 0.3) is 0 Å². The number of allylic oxidation sites excluding steroid dienone is 2. The Kier molecular flexibility index (Phi) is 4.42. The molecular formula is C20H20N4OS. The van der Waals surface area contributed by atoms with Gasteiger partial charge in [-0.3, -0.25) is 0 Å². The van der Waals surface area contributed by atoms with E-state index >= 15 is 0 Å². The lowest BCUT2D eigenvalue weighted by Crippen LogP contribution is -2.10. The SMILES string of the molecule is COC1=C(C)c2ccn(-c3ccnc(Nc4ccc(S)cc4)n3)c2CC1. The van der Waals surface area contributed by atoms with E-state index in [0.29, 0.717) is 5.95 Å². The van der Waals surface area contributed by atoms with E-state index in [4.69, 9.17) is 4.74 Å². The molecule has 0 aliphatic heterocycles. The molecule has 0 amide bonds. The lowest BCUT2D eigenvalue weighted by atomic mass is 9.96. The van der Waals surface area contributed by atoms with Crippen molar-refractivity contribution in [3.63, 3.8) is 0 Å². The molecule has 0 atom stereocenters. The van der Waals surface area contributed by atoms with Crippen LogP contribution in [0.2, 0.25) is 0 Å². The van der Waals surface area contributed by atoms with E-state index in [-0.39, 0.29) is 0 Å². The van der Waals surface area contributed by atoms with Gasteiger partial charge in [0.1, 0.15) is 5.82 Å². The highest BCUT2D eigenvalue weighted by Gasteiger charge is 2.21. The molecule has 0 radical (unpaired) electrons. The summed E-state index contributed by atoms with van der Waals surface area (Å²) in [7, 11) is 1.74. The van der Waals surface area contributed by atoms with E-state index in [1.165, 1.54) is 16.8 Å². The van der Waals surface area contributed by atoms with E-state index in [2.05, 4.69) is 51.7 Å². The third-order valence-corrected chi connectivity index (χ3v) is 4.96. The number of aromatic nitrogens is 3. The summed E-state index contributed by atoms with van der Waals surface area (Å²) in [6, 6.07) is 11.8. The molecule has 0 bridgehead atoms. The second-order valence-corrected chi connectivity index (χ2v) is 6.73. The number of thiol groups is 1. The molecule has 3 aromatic rings. The van der Waals surface area contributed by atoms with Crippen molar-refractivity contribution < 1.29 is 4.74 Å². The Morgan fingerprint density at radius 2 is 1.92 bits per heavy atom. The summed E-state index contributed by atoms with van der Waals surface area (Å²) in [6.07, 6.45) is 5.68. The minimum Gasteiger partial charge on any atom is -0.501 e. The van der Waals surface area contributed by atoms with E-state index in [1.54, 1.807) is 13.3 Å². The molecule has 0 unspecified atom stereocenters. The highest BCUT2D eigenvalue weighted by atomic mass is 32.1. The normalized spacial score (nSPS) is 13.5. The van der Waals surface area contributed by atoms with Gasteiger partial charge in [0.15, 0.2) is 0 Å². The lowest BCUT2D eigenvalue weighted by molar-refractivity contribution is 0.277. The van der Waals surface area contributed by atoms with Crippen LogP contribution in [-0.4, -0.2) is 21.6 Å². The summed E-state index contributed by atoms with van der Waals surface area (Å²) in [4.78, 5) is 9.93. The average molecular weight is 364 g/mol. The monoisotopic (exact) mass is 364 g/mol. The van der Waals surface area contributed by atoms with Crippen LogP contribution < -0.4 is 5.32 Å². The van der Waals surface area contributed by atoms with Crippen molar-refractivity contribution in [1.29, 1.82) is 0 Å². The predicted molar refractivity (Wildman–Crippen MR) is 106 cm³/mol. The Hall–Kier alpha value is -2.73. The van der Waals surface area contributed by atoms with Gasteiger partial charge in [-0.1, -0.05) is 0 Å². The molecule has 0 fully saturated rings. The number of methoxy groups -OCH3 is 1. The maximum absolute atomic E-state index is 5.50. The number of nitrogens with one attached hydrogen (secondary N) is 1. The average Bonchev–Trinajstić information content (AvgIpc) is 3.09. The molecule has 0 spiro atoms. The second kappa shape index (κ2) is 6.88. The first-order valence-electron chi connectivity index (χ1n) is 8.49. The van der Waals surface area contributed by atoms with Crippen LogP contribution in [0.1, 0.15) is 24.6 Å². The Morgan fingerprint density at radius 1 is 1.12 bits per heavy atom.